The number of amides is 1. The molecule has 1 amide bonds. The first kappa shape index (κ1) is 18.0. The molecule has 8 heteroatoms. The second-order valence-electron chi connectivity index (χ2n) is 5.51. The Hall–Kier alpha value is -2.09. The number of hydrogen-bond donors (Lipinski definition) is 2. The molecule has 22 heavy (non-hydrogen) atoms. The van der Waals surface area contributed by atoms with Crippen LogP contribution >= 0.6 is 0 Å². The van der Waals surface area contributed by atoms with E-state index in [1.165, 1.54) is 16.4 Å². The van der Waals surface area contributed by atoms with Crippen LogP contribution in [-0.2, 0) is 16.1 Å². The van der Waals surface area contributed by atoms with Gasteiger partial charge in [-0.1, -0.05) is 13.8 Å². The summed E-state index contributed by atoms with van der Waals surface area (Å²) in [6.07, 6.45) is 0.554. The van der Waals surface area contributed by atoms with Crippen molar-refractivity contribution in [3.63, 3.8) is 0 Å². The molecule has 0 aliphatic heterocycles. The number of nitrogen functional groups attached to an aromatic ring is 1. The van der Waals surface area contributed by atoms with Gasteiger partial charge in [0.15, 0.2) is 5.69 Å². The number of hydrogen-bond acceptors (Lipinski definition) is 5. The van der Waals surface area contributed by atoms with Crippen molar-refractivity contribution in [1.82, 2.24) is 9.55 Å². The van der Waals surface area contributed by atoms with E-state index >= 15 is 0 Å². The lowest BCUT2D eigenvalue weighted by Crippen LogP contribution is -2.41. The van der Waals surface area contributed by atoms with E-state index in [2.05, 4.69) is 4.98 Å². The number of ether oxygens (including phenoxy) is 1. The lowest BCUT2D eigenvalue weighted by Gasteiger charge is -2.23. The Balaban J connectivity index is 3.33. The van der Waals surface area contributed by atoms with Crippen LogP contribution in [0.5, 0.6) is 0 Å². The topological polar surface area (TPSA) is 110 Å². The normalized spacial score (nSPS) is 11.0. The SMILES string of the molecule is COCCCN(C(C)=O)c1c(N)n(CC(C)C)c(=O)[nH]c1=O. The van der Waals surface area contributed by atoms with E-state index in [0.29, 0.717) is 19.6 Å². The van der Waals surface area contributed by atoms with Gasteiger partial charge in [-0.3, -0.25) is 19.1 Å². The fourth-order valence-electron chi connectivity index (χ4n) is 2.18. The van der Waals surface area contributed by atoms with Crippen molar-refractivity contribution < 1.29 is 9.53 Å². The van der Waals surface area contributed by atoms with Gasteiger partial charge in [0.05, 0.1) is 0 Å². The Morgan fingerprint density at radius 3 is 2.55 bits per heavy atom. The molecule has 1 heterocycles. The molecule has 0 saturated carbocycles. The first-order chi connectivity index (χ1) is 10.3. The minimum Gasteiger partial charge on any atom is -0.385 e. The zero-order valence-electron chi connectivity index (χ0n) is 13.5. The predicted molar refractivity (Wildman–Crippen MR) is 85.1 cm³/mol. The molecule has 0 radical (unpaired) electrons. The van der Waals surface area contributed by atoms with Gasteiger partial charge < -0.3 is 15.4 Å². The van der Waals surface area contributed by atoms with Crippen molar-refractivity contribution in [2.45, 2.75) is 33.7 Å². The number of aromatic amines is 1. The fraction of sp³-hybridized carbons (Fsp3) is 0.643. The lowest BCUT2D eigenvalue weighted by molar-refractivity contribution is -0.116. The number of anilines is 2. The molecular weight excluding hydrogens is 288 g/mol. The highest BCUT2D eigenvalue weighted by atomic mass is 16.5. The Morgan fingerprint density at radius 1 is 1.41 bits per heavy atom. The quantitative estimate of drug-likeness (QED) is 0.697. The first-order valence-electron chi connectivity index (χ1n) is 7.19. The summed E-state index contributed by atoms with van der Waals surface area (Å²) in [7, 11) is 1.56. The third-order valence-electron chi connectivity index (χ3n) is 3.14. The van der Waals surface area contributed by atoms with Gasteiger partial charge in [0, 0.05) is 33.7 Å². The molecule has 0 saturated heterocycles. The average Bonchev–Trinajstić information content (AvgIpc) is 2.41. The van der Waals surface area contributed by atoms with Crippen LogP contribution in [0.3, 0.4) is 0 Å². The summed E-state index contributed by atoms with van der Waals surface area (Å²) in [5.74, 6) is -0.142. The summed E-state index contributed by atoms with van der Waals surface area (Å²) in [5.41, 5.74) is 4.79. The van der Waals surface area contributed by atoms with Gasteiger partial charge in [0.25, 0.3) is 5.56 Å². The highest BCUT2D eigenvalue weighted by molar-refractivity contribution is 5.93. The number of nitrogens with one attached hydrogen (secondary N) is 1. The van der Waals surface area contributed by atoms with Gasteiger partial charge in [0.1, 0.15) is 5.82 Å². The molecule has 1 rings (SSSR count). The summed E-state index contributed by atoms with van der Waals surface area (Å²) in [4.78, 5) is 39.4. The van der Waals surface area contributed by atoms with E-state index in [1.54, 1.807) is 7.11 Å². The van der Waals surface area contributed by atoms with E-state index in [4.69, 9.17) is 10.5 Å². The molecule has 0 aliphatic carbocycles. The monoisotopic (exact) mass is 312 g/mol. The molecule has 8 nitrogen and oxygen atoms in total. The predicted octanol–water partition coefficient (Wildman–Crippen LogP) is 0.164. The van der Waals surface area contributed by atoms with Crippen LogP contribution in [0.4, 0.5) is 11.5 Å². The number of H-pyrrole nitrogens is 1. The number of carbonyl (C=O) groups is 1. The Labute approximate surface area is 128 Å². The van der Waals surface area contributed by atoms with Crippen LogP contribution < -0.4 is 21.9 Å². The summed E-state index contributed by atoms with van der Waals surface area (Å²) >= 11 is 0. The molecule has 0 aliphatic rings. The van der Waals surface area contributed by atoms with E-state index in [1.807, 2.05) is 13.8 Å². The summed E-state index contributed by atoms with van der Waals surface area (Å²) < 4.78 is 6.24. The number of aromatic nitrogens is 2. The van der Waals surface area contributed by atoms with Crippen molar-refractivity contribution in [3.05, 3.63) is 20.8 Å². The van der Waals surface area contributed by atoms with E-state index in [0.717, 1.165) is 0 Å². The molecule has 0 unspecified atom stereocenters. The van der Waals surface area contributed by atoms with Crippen LogP contribution in [0.15, 0.2) is 9.59 Å². The standard InChI is InChI=1S/C14H24N4O4/c1-9(2)8-18-12(15)11(13(20)16-14(18)21)17(10(3)19)6-5-7-22-4/h9H,5-8,15H2,1-4H3,(H,16,20,21). The molecule has 0 atom stereocenters. The van der Waals surface area contributed by atoms with Crippen molar-refractivity contribution >= 4 is 17.4 Å². The maximum atomic E-state index is 12.1. The molecule has 1 aromatic heterocycles. The summed E-state index contributed by atoms with van der Waals surface area (Å²) in [6.45, 7) is 6.31. The largest absolute Gasteiger partial charge is 0.385 e. The lowest BCUT2D eigenvalue weighted by atomic mass is 10.2. The smallest absolute Gasteiger partial charge is 0.330 e. The van der Waals surface area contributed by atoms with Gasteiger partial charge in [-0.2, -0.15) is 0 Å². The van der Waals surface area contributed by atoms with Gasteiger partial charge in [-0.05, 0) is 12.3 Å². The zero-order chi connectivity index (χ0) is 16.9. The minimum absolute atomic E-state index is 0.00932. The maximum absolute atomic E-state index is 12.1. The van der Waals surface area contributed by atoms with Crippen LogP contribution in [0, 0.1) is 5.92 Å². The highest BCUT2D eigenvalue weighted by Gasteiger charge is 2.21. The molecule has 0 fully saturated rings. The number of rotatable bonds is 7. The minimum atomic E-state index is -0.657. The molecule has 0 aromatic carbocycles. The first-order valence-corrected chi connectivity index (χ1v) is 7.19. The third-order valence-corrected chi connectivity index (χ3v) is 3.14. The van der Waals surface area contributed by atoms with Gasteiger partial charge in [-0.15, -0.1) is 0 Å². The Kier molecular flexibility index (Phi) is 6.36. The summed E-state index contributed by atoms with van der Waals surface area (Å²) in [6, 6.07) is 0. The zero-order valence-corrected chi connectivity index (χ0v) is 13.5. The second kappa shape index (κ2) is 7.79. The molecule has 3 N–H and O–H groups in total. The van der Waals surface area contributed by atoms with Crippen molar-refractivity contribution in [1.29, 1.82) is 0 Å². The summed E-state index contributed by atoms with van der Waals surface area (Å²) in [5, 5.41) is 0. The third kappa shape index (κ3) is 4.20. The van der Waals surface area contributed by atoms with Crippen LogP contribution in [0.25, 0.3) is 0 Å². The number of methoxy groups -OCH3 is 1. The number of nitrogens with zero attached hydrogens (tertiary/aromatic N) is 2. The van der Waals surface area contributed by atoms with Gasteiger partial charge in [0.2, 0.25) is 5.91 Å². The van der Waals surface area contributed by atoms with Crippen LogP contribution in [0.2, 0.25) is 0 Å². The molecule has 124 valence electrons. The fourth-order valence-corrected chi connectivity index (χ4v) is 2.18. The number of nitrogens with two attached hydrogens (primary N) is 1. The Morgan fingerprint density at radius 2 is 2.05 bits per heavy atom. The van der Waals surface area contributed by atoms with Gasteiger partial charge >= 0.3 is 5.69 Å². The van der Waals surface area contributed by atoms with Gasteiger partial charge in [-0.25, -0.2) is 4.79 Å². The van der Waals surface area contributed by atoms with Crippen LogP contribution in [-0.4, -0.2) is 35.7 Å². The molecule has 1 aromatic rings. The molecule has 0 bridgehead atoms. The average molecular weight is 312 g/mol. The van der Waals surface area contributed by atoms with Crippen molar-refractivity contribution in [2.24, 2.45) is 5.92 Å². The number of carbonyl (C=O) groups excluding carboxylic acids is 1. The van der Waals surface area contributed by atoms with Crippen LogP contribution in [0.1, 0.15) is 27.2 Å². The highest BCUT2D eigenvalue weighted by Crippen LogP contribution is 2.18. The van der Waals surface area contributed by atoms with E-state index in [-0.39, 0.29) is 29.9 Å². The van der Waals surface area contributed by atoms with Crippen molar-refractivity contribution in [2.75, 3.05) is 30.9 Å². The Bertz CT molecular complexity index is 633. The maximum Gasteiger partial charge on any atom is 0.330 e. The van der Waals surface area contributed by atoms with Crippen molar-refractivity contribution in [3.8, 4) is 0 Å². The molecule has 0 spiro atoms. The van der Waals surface area contributed by atoms with E-state index < -0.39 is 11.2 Å². The second-order valence-corrected chi connectivity index (χ2v) is 5.51. The molecular formula is C14H24N4O4. The van der Waals surface area contributed by atoms with E-state index in [9.17, 15) is 14.4 Å².